The number of hydrogen-bond acceptors (Lipinski definition) is 6. The van der Waals surface area contributed by atoms with Crippen LogP contribution in [-0.4, -0.2) is 59.5 Å². The van der Waals surface area contributed by atoms with Gasteiger partial charge in [-0.05, 0) is 95.0 Å². The lowest BCUT2D eigenvalue weighted by Gasteiger charge is -2.29. The molecule has 0 aliphatic carbocycles. The summed E-state index contributed by atoms with van der Waals surface area (Å²) >= 11 is 0. The second-order valence-electron chi connectivity index (χ2n) is 14.9. The molecule has 0 unspecified atom stereocenters. The van der Waals surface area contributed by atoms with E-state index in [0.717, 1.165) is 54.6 Å². The van der Waals surface area contributed by atoms with Crippen molar-refractivity contribution >= 4 is 40.9 Å². The van der Waals surface area contributed by atoms with Crippen molar-refractivity contribution in [1.82, 2.24) is 4.90 Å². The predicted molar refractivity (Wildman–Crippen MR) is 246 cm³/mol. The number of aryl methyl sites for hydroxylation is 1. The van der Waals surface area contributed by atoms with E-state index in [1.54, 1.807) is 62.4 Å². The summed E-state index contributed by atoms with van der Waals surface area (Å²) in [5, 5.41) is 0. The van der Waals surface area contributed by atoms with Crippen LogP contribution in [0.5, 0.6) is 0 Å². The molecule has 4 aromatic rings. The number of benzene rings is 4. The Kier molecular flexibility index (Phi) is 25.5. The number of amides is 4. The van der Waals surface area contributed by atoms with E-state index in [1.165, 1.54) is 17.5 Å². The highest BCUT2D eigenvalue weighted by Crippen LogP contribution is 2.49. The maximum atomic E-state index is 12.5. The lowest BCUT2D eigenvalue weighted by molar-refractivity contribution is -0.327. The Hall–Kier alpha value is -5.92. The number of anilines is 1. The van der Waals surface area contributed by atoms with E-state index < -0.39 is 17.8 Å². The average Bonchev–Trinajstić information content (AvgIpc) is 3.66. The molecule has 2 aliphatic heterocycles. The van der Waals surface area contributed by atoms with Gasteiger partial charge in [-0.3, -0.25) is 24.1 Å². The Labute approximate surface area is 380 Å². The Bertz CT molecular complexity index is 2040. The van der Waals surface area contributed by atoms with E-state index in [0.29, 0.717) is 39.5 Å². The highest BCUT2D eigenvalue weighted by atomic mass is 19.4. The SMILES string of the molecule is CC.CC.CC(C)(C(F)(F)F)C(F)(F)F.CCCCC(C)=O.CCCCC(C)=O.CN1C(=O)c2ccccc2C1=O.Cc1ccc(-c2ccc(N3C(=O)c4ccccc4C3=O)cc2)cc1. The number of halogens is 6. The first-order valence-electron chi connectivity index (χ1n) is 21.6. The summed E-state index contributed by atoms with van der Waals surface area (Å²) in [6.45, 7) is 17.7. The van der Waals surface area contributed by atoms with Gasteiger partial charge in [0.05, 0.1) is 27.9 Å². The topological polar surface area (TPSA) is 109 Å². The number of alkyl halides is 6. The number of ketones is 2. The third kappa shape index (κ3) is 17.5. The minimum absolute atomic E-state index is 0.104. The first kappa shape index (κ1) is 59.1. The van der Waals surface area contributed by atoms with Crippen molar-refractivity contribution in [3.05, 3.63) is 125 Å². The zero-order valence-corrected chi connectivity index (χ0v) is 39.6. The minimum atomic E-state index is -5.24. The van der Waals surface area contributed by atoms with Crippen molar-refractivity contribution in [1.29, 1.82) is 0 Å². The molecule has 2 aliphatic rings. The molecule has 0 spiro atoms. The van der Waals surface area contributed by atoms with Crippen LogP contribution >= 0.6 is 0 Å². The van der Waals surface area contributed by atoms with Gasteiger partial charge in [-0.2, -0.15) is 26.3 Å². The van der Waals surface area contributed by atoms with E-state index in [9.17, 15) is 55.1 Å². The molecule has 0 saturated carbocycles. The molecular formula is C51H64F6N2O6. The summed E-state index contributed by atoms with van der Waals surface area (Å²) in [7, 11) is 1.49. The van der Waals surface area contributed by atoms with Crippen LogP contribution in [0.1, 0.15) is 155 Å². The number of rotatable bonds is 8. The normalized spacial score (nSPS) is 12.4. The van der Waals surface area contributed by atoms with Crippen LogP contribution in [0.25, 0.3) is 11.1 Å². The molecule has 4 amide bonds. The molecule has 65 heavy (non-hydrogen) atoms. The molecule has 0 radical (unpaired) electrons. The van der Waals surface area contributed by atoms with Gasteiger partial charge in [0.15, 0.2) is 5.41 Å². The largest absolute Gasteiger partial charge is 0.402 e. The lowest BCUT2D eigenvalue weighted by Crippen LogP contribution is -2.44. The average molecular weight is 915 g/mol. The number of carbonyl (C=O) groups excluding carboxylic acids is 6. The van der Waals surface area contributed by atoms with Crippen LogP contribution in [0.15, 0.2) is 97.1 Å². The molecule has 0 fully saturated rings. The van der Waals surface area contributed by atoms with Crippen molar-refractivity contribution in [3.63, 3.8) is 0 Å². The molecule has 0 saturated heterocycles. The van der Waals surface area contributed by atoms with Gasteiger partial charge in [-0.25, -0.2) is 4.90 Å². The number of unbranched alkanes of at least 4 members (excludes halogenated alkanes) is 2. The highest BCUT2D eigenvalue weighted by Gasteiger charge is 2.64. The Morgan fingerprint density at radius 2 is 0.800 bits per heavy atom. The van der Waals surface area contributed by atoms with Crippen LogP contribution < -0.4 is 4.90 Å². The number of Topliss-reactive ketones (excluding diaryl/α,β-unsaturated/α-hetero) is 2. The molecule has 356 valence electrons. The van der Waals surface area contributed by atoms with Gasteiger partial charge in [-0.15, -0.1) is 0 Å². The summed E-state index contributed by atoms with van der Waals surface area (Å²) in [4.78, 5) is 70.4. The molecule has 0 aromatic heterocycles. The summed E-state index contributed by atoms with van der Waals surface area (Å²) in [5.41, 5.74) is 2.27. The number of carbonyl (C=O) groups is 6. The molecule has 2 heterocycles. The molecule has 0 N–H and O–H groups in total. The fourth-order valence-electron chi connectivity index (χ4n) is 5.29. The molecule has 4 aromatic carbocycles. The zero-order chi connectivity index (χ0) is 50.3. The quantitative estimate of drug-likeness (QED) is 0.129. The molecular weight excluding hydrogens is 851 g/mol. The van der Waals surface area contributed by atoms with E-state index in [2.05, 4.69) is 45.0 Å². The van der Waals surface area contributed by atoms with Crippen molar-refractivity contribution in [3.8, 4) is 11.1 Å². The third-order valence-corrected chi connectivity index (χ3v) is 9.48. The minimum Gasteiger partial charge on any atom is -0.300 e. The maximum absolute atomic E-state index is 12.5. The van der Waals surface area contributed by atoms with Crippen LogP contribution in [-0.2, 0) is 9.59 Å². The van der Waals surface area contributed by atoms with Crippen molar-refractivity contribution in [2.75, 3.05) is 11.9 Å². The second-order valence-corrected chi connectivity index (χ2v) is 14.9. The van der Waals surface area contributed by atoms with Gasteiger partial charge in [-0.1, -0.05) is 121 Å². The molecule has 6 rings (SSSR count). The fourth-order valence-corrected chi connectivity index (χ4v) is 5.29. The Morgan fingerprint density at radius 3 is 1.05 bits per heavy atom. The molecule has 0 bridgehead atoms. The smallest absolute Gasteiger partial charge is 0.300 e. The molecule has 8 nitrogen and oxygen atoms in total. The van der Waals surface area contributed by atoms with Gasteiger partial charge in [0.25, 0.3) is 23.6 Å². The van der Waals surface area contributed by atoms with Crippen molar-refractivity contribution in [2.45, 2.75) is 127 Å². The van der Waals surface area contributed by atoms with Crippen molar-refractivity contribution < 1.29 is 55.1 Å². The van der Waals surface area contributed by atoms with Gasteiger partial charge < -0.3 is 9.59 Å². The third-order valence-electron chi connectivity index (χ3n) is 9.48. The number of imide groups is 2. The standard InChI is InChI=1S/C21H15NO2.C9H7NO2.2C6H12O.C5H6F6.2C2H6/c1-14-6-8-15(9-7-14)16-10-12-17(13-11-16)22-20(23)18-4-2-3-5-19(18)21(22)24;1-10-8(11)6-4-2-3-5-7(6)9(10)12;2*1-3-4-5-6(2)7;1-3(2,4(6,7)8)5(9,10)11;2*1-2/h2-13H,1H3;2-5H,1H3;2*3-5H2,1-2H3;1-2H3;2*1-2H3. The van der Waals surface area contributed by atoms with Gasteiger partial charge in [0.1, 0.15) is 11.6 Å². The van der Waals surface area contributed by atoms with Crippen molar-refractivity contribution in [2.24, 2.45) is 5.41 Å². The van der Waals surface area contributed by atoms with Crippen LogP contribution in [0.3, 0.4) is 0 Å². The highest BCUT2D eigenvalue weighted by molar-refractivity contribution is 6.34. The summed E-state index contributed by atoms with van der Waals surface area (Å²) in [6, 6.07) is 29.5. The summed E-state index contributed by atoms with van der Waals surface area (Å²) in [6.07, 6.45) is -4.62. The molecule has 0 atom stereocenters. The summed E-state index contributed by atoms with van der Waals surface area (Å²) < 4.78 is 69.7. The zero-order valence-electron chi connectivity index (χ0n) is 39.6. The van der Waals surface area contributed by atoms with Gasteiger partial charge in [0.2, 0.25) is 0 Å². The number of nitrogens with zero attached hydrogens (tertiary/aromatic N) is 2. The summed E-state index contributed by atoms with van der Waals surface area (Å²) in [5.74, 6) is -0.340. The first-order valence-corrected chi connectivity index (χ1v) is 21.6. The number of fused-ring (bicyclic) bond motifs is 2. The second kappa shape index (κ2) is 28.1. The monoisotopic (exact) mass is 914 g/mol. The Balaban J connectivity index is 0.000000850. The van der Waals surface area contributed by atoms with E-state index >= 15 is 0 Å². The van der Waals surface area contributed by atoms with E-state index in [1.807, 2.05) is 52.0 Å². The van der Waals surface area contributed by atoms with Crippen LogP contribution in [0.2, 0.25) is 0 Å². The Morgan fingerprint density at radius 1 is 0.508 bits per heavy atom. The maximum Gasteiger partial charge on any atom is 0.402 e. The fraction of sp³-hybridized carbons (Fsp3) is 0.412. The predicted octanol–water partition coefficient (Wildman–Crippen LogP) is 14.1. The molecule has 14 heteroatoms. The van der Waals surface area contributed by atoms with Crippen LogP contribution in [0.4, 0.5) is 32.0 Å². The van der Waals surface area contributed by atoms with E-state index in [-0.39, 0.29) is 37.5 Å². The van der Waals surface area contributed by atoms with Gasteiger partial charge >= 0.3 is 12.4 Å². The van der Waals surface area contributed by atoms with E-state index in [4.69, 9.17) is 0 Å². The van der Waals surface area contributed by atoms with Crippen LogP contribution in [0, 0.1) is 12.3 Å². The van der Waals surface area contributed by atoms with Gasteiger partial charge in [0, 0.05) is 19.9 Å². The first-order chi connectivity index (χ1) is 30.4. The number of hydrogen-bond donors (Lipinski definition) is 0. The lowest BCUT2D eigenvalue weighted by atomic mass is 9.92.